The van der Waals surface area contributed by atoms with Crippen molar-refractivity contribution in [3.8, 4) is 11.5 Å². The van der Waals surface area contributed by atoms with E-state index in [0.29, 0.717) is 22.9 Å². The van der Waals surface area contributed by atoms with Gasteiger partial charge in [-0.3, -0.25) is 0 Å². The average Bonchev–Trinajstić information content (AvgIpc) is 3.86. The molecule has 0 fully saturated rings. The summed E-state index contributed by atoms with van der Waals surface area (Å²) < 4.78 is 39.4. The summed E-state index contributed by atoms with van der Waals surface area (Å²) >= 11 is 15.2. The Morgan fingerprint density at radius 1 is 0.686 bits per heavy atom. The molecule has 7 aromatic rings. The quantitative estimate of drug-likeness (QED) is 0.0132. The number of ether oxygens (including phenoxy) is 7. The third-order valence-corrected chi connectivity index (χ3v) is 12.1. The molecule has 0 spiro atoms. The number of halogens is 2. The Labute approximate surface area is 419 Å². The van der Waals surface area contributed by atoms with Gasteiger partial charge >= 0.3 is 11.9 Å². The van der Waals surface area contributed by atoms with Gasteiger partial charge in [-0.05, 0) is 33.9 Å². The van der Waals surface area contributed by atoms with Gasteiger partial charge in [0.1, 0.15) is 11.2 Å². The number of carboxylic acids is 1. The summed E-state index contributed by atoms with van der Waals surface area (Å²) in [4.78, 5) is 38.8. The fourth-order valence-electron chi connectivity index (χ4n) is 7.33. The number of hydrogen-bond donors (Lipinski definition) is 2. The molecule has 0 aliphatic rings. The summed E-state index contributed by atoms with van der Waals surface area (Å²) in [6, 6.07) is 49.0. The molecule has 0 radical (unpaired) electrons. The maximum Gasteiger partial charge on any atom is 0.360 e. The van der Waals surface area contributed by atoms with Crippen molar-refractivity contribution in [1.82, 2.24) is 4.98 Å². The monoisotopic (exact) mass is 1010 g/mol. The Morgan fingerprint density at radius 3 is 1.63 bits per heavy atom. The largest absolute Gasteiger partial charge is 0.476 e. The van der Waals surface area contributed by atoms with Gasteiger partial charge in [0, 0.05) is 25.2 Å². The summed E-state index contributed by atoms with van der Waals surface area (Å²) in [6.45, 7) is 0.325. The van der Waals surface area contributed by atoms with E-state index in [2.05, 4.69) is 10.5 Å². The molecule has 1 unspecified atom stereocenters. The smallest absolute Gasteiger partial charge is 0.360 e. The number of esters is 1. The molecule has 0 amide bonds. The van der Waals surface area contributed by atoms with Crippen molar-refractivity contribution < 1.29 is 52.7 Å². The molecule has 0 aliphatic carbocycles. The zero-order chi connectivity index (χ0) is 49.1. The molecule has 70 heavy (non-hydrogen) atoms. The lowest BCUT2D eigenvalue weighted by Gasteiger charge is -2.36. The molecule has 14 nitrogen and oxygen atoms in total. The van der Waals surface area contributed by atoms with E-state index >= 15 is 0 Å². The number of oxime groups is 1. The van der Waals surface area contributed by atoms with E-state index in [0.717, 1.165) is 28.0 Å². The summed E-state index contributed by atoms with van der Waals surface area (Å²) in [5.41, 5.74) is 2.19. The lowest BCUT2D eigenvalue weighted by molar-refractivity contribution is -0.162. The van der Waals surface area contributed by atoms with Crippen molar-refractivity contribution in [3.05, 3.63) is 212 Å². The lowest BCUT2D eigenvalue weighted by Crippen LogP contribution is -2.38. The van der Waals surface area contributed by atoms with Crippen molar-refractivity contribution in [2.24, 2.45) is 5.16 Å². The van der Waals surface area contributed by atoms with Crippen molar-refractivity contribution in [2.75, 3.05) is 59.5 Å². The van der Waals surface area contributed by atoms with Crippen molar-refractivity contribution in [2.45, 2.75) is 17.7 Å². The molecule has 0 saturated carbocycles. The number of aliphatic carboxylic acids is 1. The van der Waals surface area contributed by atoms with Crippen LogP contribution in [0.2, 0.25) is 10.0 Å². The van der Waals surface area contributed by atoms with E-state index in [1.807, 2.05) is 127 Å². The molecule has 0 bridgehead atoms. The summed E-state index contributed by atoms with van der Waals surface area (Å²) in [7, 11) is 3.06. The fourth-order valence-corrected chi connectivity index (χ4v) is 8.64. The maximum atomic E-state index is 14.8. The van der Waals surface area contributed by atoms with Gasteiger partial charge in [-0.2, -0.15) is 0 Å². The van der Waals surface area contributed by atoms with Gasteiger partial charge in [-0.15, -0.1) is 11.3 Å². The van der Waals surface area contributed by atoms with Gasteiger partial charge in [0.05, 0.1) is 36.5 Å². The molecule has 1 heterocycles. The summed E-state index contributed by atoms with van der Waals surface area (Å²) in [5.74, 6) is -2.70. The fraction of sp³-hybridized carbons (Fsp3) is 0.208. The standard InChI is InChI=1S/C53H49Cl2N3O11S/c1-62-28-30-64-34-66-48-42(54)32-41(44(55)49(48)67-35-65-31-29-63-2)47(51(61)68-46(36-18-8-3-9-19-36)37-20-10-4-11-21-37)69-58-45(50(59)60)43-33-70-52(56-43)57-53(38-22-12-5-13-23-38,39-24-14-6-15-25-39)40-26-16-7-17-27-40/h3-27,32-33,46-47H,28-31,34-35H2,1-2H3,(H,56,57)(H,59,60). The SMILES string of the molecule is COCCOCOc1c(Cl)cc(C(ON=C(C(=O)O)c2csc(NC(c3ccccc3)(c3ccccc3)c3ccccc3)n2)C(=O)OC(c2ccccc2)c2ccccc2)c(Cl)c1OCOCCOC. The molecule has 1 atom stereocenters. The van der Waals surface area contributed by atoms with Crippen LogP contribution in [0, 0.1) is 0 Å². The molecule has 0 saturated heterocycles. The normalized spacial score (nSPS) is 12.0. The highest BCUT2D eigenvalue weighted by molar-refractivity contribution is 7.14. The summed E-state index contributed by atoms with van der Waals surface area (Å²) in [5, 5.41) is 20.1. The van der Waals surface area contributed by atoms with E-state index in [1.54, 1.807) is 24.3 Å². The van der Waals surface area contributed by atoms with Gasteiger partial charge in [0.25, 0.3) is 6.10 Å². The van der Waals surface area contributed by atoms with Crippen LogP contribution < -0.4 is 14.8 Å². The van der Waals surface area contributed by atoms with Crippen LogP contribution in [0.15, 0.2) is 168 Å². The first-order chi connectivity index (χ1) is 34.2. The molecule has 1 aromatic heterocycles. The Morgan fingerprint density at radius 2 is 1.16 bits per heavy atom. The lowest BCUT2D eigenvalue weighted by atomic mass is 9.77. The number of rotatable bonds is 26. The molecular weight excluding hydrogens is 958 g/mol. The van der Waals surface area contributed by atoms with E-state index in [9.17, 15) is 14.7 Å². The Kier molecular flexibility index (Phi) is 18.7. The number of methoxy groups -OCH3 is 2. The highest BCUT2D eigenvalue weighted by atomic mass is 35.5. The number of carboxylic acid groups (broad SMARTS) is 1. The third kappa shape index (κ3) is 12.7. The van der Waals surface area contributed by atoms with Crippen molar-refractivity contribution in [3.63, 3.8) is 0 Å². The molecule has 17 heteroatoms. The first-order valence-electron chi connectivity index (χ1n) is 21.8. The number of nitrogens with zero attached hydrogens (tertiary/aromatic N) is 2. The second kappa shape index (κ2) is 25.7. The van der Waals surface area contributed by atoms with Gasteiger partial charge in [-0.1, -0.05) is 180 Å². The number of thiazole rings is 1. The van der Waals surface area contributed by atoms with Crippen LogP contribution in [0.3, 0.4) is 0 Å². The first kappa shape index (κ1) is 51.0. The molecule has 0 aliphatic heterocycles. The number of aromatic nitrogens is 1. The molecule has 362 valence electrons. The minimum Gasteiger partial charge on any atom is -0.476 e. The van der Waals surface area contributed by atoms with Crippen LogP contribution in [0.5, 0.6) is 11.5 Å². The van der Waals surface area contributed by atoms with Crippen LogP contribution in [-0.2, 0) is 43.6 Å². The van der Waals surface area contributed by atoms with Crippen LogP contribution in [0.4, 0.5) is 5.13 Å². The third-order valence-electron chi connectivity index (χ3n) is 10.6. The van der Waals surface area contributed by atoms with Gasteiger partial charge in [0.2, 0.25) is 5.71 Å². The number of benzene rings is 6. The van der Waals surface area contributed by atoms with Crippen LogP contribution in [-0.4, -0.2) is 82.0 Å². The first-order valence-corrected chi connectivity index (χ1v) is 23.5. The van der Waals surface area contributed by atoms with Crippen molar-refractivity contribution in [1.29, 1.82) is 0 Å². The average molecular weight is 1010 g/mol. The van der Waals surface area contributed by atoms with Gasteiger partial charge in [0.15, 0.2) is 36.3 Å². The maximum absolute atomic E-state index is 14.8. The number of hydrogen-bond acceptors (Lipinski definition) is 14. The Hall–Kier alpha value is -6.82. The minimum absolute atomic E-state index is 0.0449. The summed E-state index contributed by atoms with van der Waals surface area (Å²) in [6.07, 6.45) is -2.82. The Bertz CT molecular complexity index is 2640. The topological polar surface area (TPSA) is 165 Å². The number of nitrogens with one attached hydrogen (secondary N) is 1. The highest BCUT2D eigenvalue weighted by Gasteiger charge is 2.38. The van der Waals surface area contributed by atoms with Crippen molar-refractivity contribution >= 4 is 57.3 Å². The van der Waals surface area contributed by atoms with Gasteiger partial charge in [-0.25, -0.2) is 14.6 Å². The number of carbonyl (C=O) groups excluding carboxylic acids is 1. The van der Waals surface area contributed by atoms with E-state index in [4.69, 9.17) is 66.2 Å². The molecule has 2 N–H and O–H groups in total. The molecular formula is C53H49Cl2N3O11S. The van der Waals surface area contributed by atoms with E-state index < -0.39 is 35.4 Å². The van der Waals surface area contributed by atoms with Crippen LogP contribution in [0.1, 0.15) is 51.3 Å². The highest BCUT2D eigenvalue weighted by Crippen LogP contribution is 2.47. The van der Waals surface area contributed by atoms with Crippen LogP contribution >= 0.6 is 34.5 Å². The Balaban J connectivity index is 1.30. The second-order valence-electron chi connectivity index (χ2n) is 15.1. The molecule has 7 rings (SSSR count). The zero-order valence-corrected chi connectivity index (χ0v) is 40.4. The molecule has 6 aromatic carbocycles. The zero-order valence-electron chi connectivity index (χ0n) is 38.1. The minimum atomic E-state index is -1.86. The van der Waals surface area contributed by atoms with E-state index in [-0.39, 0.29) is 66.2 Å². The van der Waals surface area contributed by atoms with E-state index in [1.165, 1.54) is 25.7 Å². The predicted molar refractivity (Wildman–Crippen MR) is 267 cm³/mol. The predicted octanol–water partition coefficient (Wildman–Crippen LogP) is 10.7. The second-order valence-corrected chi connectivity index (χ2v) is 16.8. The van der Waals surface area contributed by atoms with Crippen LogP contribution in [0.25, 0.3) is 0 Å². The number of anilines is 1. The van der Waals surface area contributed by atoms with Gasteiger partial charge < -0.3 is 48.4 Å². The number of carbonyl (C=O) groups is 2.